The first-order valence-corrected chi connectivity index (χ1v) is 8.26. The van der Waals surface area contributed by atoms with Crippen molar-refractivity contribution in [3.8, 4) is 0 Å². The summed E-state index contributed by atoms with van der Waals surface area (Å²) in [4.78, 5) is 4.71. The molecule has 1 aliphatic heterocycles. The fourth-order valence-electron chi connectivity index (χ4n) is 2.44. The smallest absolute Gasteiger partial charge is 0.191 e. The first-order chi connectivity index (χ1) is 10.6. The standard InChI is InChI=1S/C17H29N3O2/c1-14(2)12-19-16(18-9-7-15-6-4-10-21-15)20-13-17(3)8-5-11-22-17/h4,6,10,14H,5,7-9,11-13H2,1-3H3,(H2,18,19,20). The number of furan rings is 1. The molecule has 5 nitrogen and oxygen atoms in total. The van der Waals surface area contributed by atoms with Crippen LogP contribution in [0.3, 0.4) is 0 Å². The van der Waals surface area contributed by atoms with Crippen LogP contribution in [0.15, 0.2) is 27.8 Å². The minimum atomic E-state index is -0.104. The average molecular weight is 307 g/mol. The lowest BCUT2D eigenvalue weighted by Crippen LogP contribution is -2.41. The Morgan fingerprint density at radius 1 is 1.41 bits per heavy atom. The van der Waals surface area contributed by atoms with Crippen LogP contribution in [0.1, 0.15) is 39.4 Å². The third kappa shape index (κ3) is 5.72. The molecule has 1 atom stereocenters. The third-order valence-electron chi connectivity index (χ3n) is 3.79. The number of hydrogen-bond acceptors (Lipinski definition) is 3. The van der Waals surface area contributed by atoms with Crippen LogP contribution in [0.4, 0.5) is 0 Å². The molecule has 1 aliphatic rings. The number of nitrogens with one attached hydrogen (secondary N) is 2. The molecule has 1 saturated heterocycles. The highest BCUT2D eigenvalue weighted by Gasteiger charge is 2.29. The molecule has 2 N–H and O–H groups in total. The Hall–Kier alpha value is -1.49. The van der Waals surface area contributed by atoms with E-state index in [-0.39, 0.29) is 5.60 Å². The molecular formula is C17H29N3O2. The minimum absolute atomic E-state index is 0.104. The van der Waals surface area contributed by atoms with Crippen LogP contribution in [-0.2, 0) is 11.2 Å². The van der Waals surface area contributed by atoms with E-state index in [1.807, 2.05) is 12.1 Å². The van der Waals surface area contributed by atoms with Gasteiger partial charge < -0.3 is 19.8 Å². The van der Waals surface area contributed by atoms with Gasteiger partial charge in [-0.2, -0.15) is 0 Å². The molecule has 0 bridgehead atoms. The second-order valence-electron chi connectivity index (χ2n) is 6.60. The van der Waals surface area contributed by atoms with Gasteiger partial charge in [0.1, 0.15) is 5.76 Å². The molecule has 0 spiro atoms. The van der Waals surface area contributed by atoms with E-state index in [1.54, 1.807) is 6.26 Å². The molecule has 1 aromatic rings. The van der Waals surface area contributed by atoms with Crippen LogP contribution in [0.5, 0.6) is 0 Å². The summed E-state index contributed by atoms with van der Waals surface area (Å²) in [7, 11) is 0. The Bertz CT molecular complexity index is 448. The molecule has 124 valence electrons. The average Bonchev–Trinajstić information content (AvgIpc) is 3.13. The number of rotatable bonds is 7. The summed E-state index contributed by atoms with van der Waals surface area (Å²) in [5.41, 5.74) is -0.104. The zero-order valence-electron chi connectivity index (χ0n) is 14.0. The van der Waals surface area contributed by atoms with Crippen molar-refractivity contribution >= 4 is 5.96 Å². The van der Waals surface area contributed by atoms with Gasteiger partial charge in [-0.1, -0.05) is 13.8 Å². The van der Waals surface area contributed by atoms with Crippen LogP contribution in [0, 0.1) is 5.92 Å². The van der Waals surface area contributed by atoms with E-state index in [1.165, 1.54) is 0 Å². The van der Waals surface area contributed by atoms with Crippen LogP contribution in [-0.4, -0.2) is 37.8 Å². The Morgan fingerprint density at radius 3 is 2.91 bits per heavy atom. The van der Waals surface area contributed by atoms with Gasteiger partial charge in [0.15, 0.2) is 5.96 Å². The molecule has 0 aromatic carbocycles. The molecule has 0 aliphatic carbocycles. The van der Waals surface area contributed by atoms with Crippen molar-refractivity contribution in [2.24, 2.45) is 10.9 Å². The zero-order valence-corrected chi connectivity index (χ0v) is 14.0. The Morgan fingerprint density at radius 2 is 2.27 bits per heavy atom. The summed E-state index contributed by atoms with van der Waals surface area (Å²) in [5.74, 6) is 2.43. The third-order valence-corrected chi connectivity index (χ3v) is 3.79. The molecule has 0 amide bonds. The fourth-order valence-corrected chi connectivity index (χ4v) is 2.44. The van der Waals surface area contributed by atoms with Gasteiger partial charge in [0.25, 0.3) is 0 Å². The maximum atomic E-state index is 5.80. The summed E-state index contributed by atoms with van der Waals surface area (Å²) in [6, 6.07) is 3.91. The van der Waals surface area contributed by atoms with Gasteiger partial charge in [0, 0.05) is 26.1 Å². The second kappa shape index (κ2) is 8.22. The number of aliphatic imine (C=N–C) groups is 1. The van der Waals surface area contributed by atoms with E-state index >= 15 is 0 Å². The lowest BCUT2D eigenvalue weighted by Gasteiger charge is -2.22. The predicted octanol–water partition coefficient (Wildman–Crippen LogP) is 2.58. The molecule has 0 saturated carbocycles. The SMILES string of the molecule is CC(C)CNC(=NCC1(C)CCCO1)NCCc1ccco1. The number of ether oxygens (including phenoxy) is 1. The van der Waals surface area contributed by atoms with Gasteiger partial charge in [0.05, 0.1) is 18.4 Å². The van der Waals surface area contributed by atoms with E-state index in [4.69, 9.17) is 14.1 Å². The molecule has 2 heterocycles. The lowest BCUT2D eigenvalue weighted by molar-refractivity contribution is 0.0283. The fraction of sp³-hybridized carbons (Fsp3) is 0.706. The Labute approximate surface area is 133 Å². The highest BCUT2D eigenvalue weighted by atomic mass is 16.5. The molecule has 5 heteroatoms. The largest absolute Gasteiger partial charge is 0.469 e. The van der Waals surface area contributed by atoms with Crippen molar-refractivity contribution in [2.75, 3.05) is 26.2 Å². The molecule has 1 unspecified atom stereocenters. The van der Waals surface area contributed by atoms with Crippen molar-refractivity contribution in [2.45, 2.75) is 45.6 Å². The monoisotopic (exact) mass is 307 g/mol. The molecule has 0 radical (unpaired) electrons. The summed E-state index contributed by atoms with van der Waals surface area (Å²) < 4.78 is 11.2. The van der Waals surface area contributed by atoms with E-state index in [0.717, 1.165) is 50.7 Å². The summed E-state index contributed by atoms with van der Waals surface area (Å²) in [5, 5.41) is 6.77. The van der Waals surface area contributed by atoms with Gasteiger partial charge >= 0.3 is 0 Å². The highest BCUT2D eigenvalue weighted by molar-refractivity contribution is 5.79. The molecule has 2 rings (SSSR count). The summed E-state index contributed by atoms with van der Waals surface area (Å²) >= 11 is 0. The van der Waals surface area contributed by atoms with Crippen molar-refractivity contribution in [3.05, 3.63) is 24.2 Å². The van der Waals surface area contributed by atoms with Crippen molar-refractivity contribution in [1.29, 1.82) is 0 Å². The van der Waals surface area contributed by atoms with E-state index < -0.39 is 0 Å². The summed E-state index contributed by atoms with van der Waals surface area (Å²) in [6.07, 6.45) is 4.77. The Balaban J connectivity index is 1.83. The van der Waals surface area contributed by atoms with Crippen molar-refractivity contribution < 1.29 is 9.15 Å². The van der Waals surface area contributed by atoms with Gasteiger partial charge in [-0.05, 0) is 37.8 Å². The van der Waals surface area contributed by atoms with Gasteiger partial charge in [-0.3, -0.25) is 4.99 Å². The van der Waals surface area contributed by atoms with E-state index in [0.29, 0.717) is 12.5 Å². The van der Waals surface area contributed by atoms with Crippen LogP contribution in [0.2, 0.25) is 0 Å². The van der Waals surface area contributed by atoms with Crippen molar-refractivity contribution in [1.82, 2.24) is 10.6 Å². The Kier molecular flexibility index (Phi) is 6.31. The molecular weight excluding hydrogens is 278 g/mol. The van der Waals surface area contributed by atoms with Crippen LogP contribution < -0.4 is 10.6 Å². The summed E-state index contributed by atoms with van der Waals surface area (Å²) in [6.45, 7) is 9.78. The molecule has 1 fully saturated rings. The quantitative estimate of drug-likeness (QED) is 0.600. The minimum Gasteiger partial charge on any atom is -0.469 e. The van der Waals surface area contributed by atoms with Gasteiger partial charge in [0.2, 0.25) is 0 Å². The molecule has 22 heavy (non-hydrogen) atoms. The van der Waals surface area contributed by atoms with Crippen LogP contribution in [0.25, 0.3) is 0 Å². The normalized spacial score (nSPS) is 22.3. The van der Waals surface area contributed by atoms with E-state index in [2.05, 4.69) is 31.4 Å². The van der Waals surface area contributed by atoms with Crippen LogP contribution >= 0.6 is 0 Å². The van der Waals surface area contributed by atoms with Gasteiger partial charge in [-0.15, -0.1) is 0 Å². The zero-order chi connectivity index (χ0) is 15.8. The highest BCUT2D eigenvalue weighted by Crippen LogP contribution is 2.24. The number of hydrogen-bond donors (Lipinski definition) is 2. The maximum Gasteiger partial charge on any atom is 0.191 e. The number of guanidine groups is 1. The maximum absolute atomic E-state index is 5.80. The first kappa shape index (κ1) is 16.9. The van der Waals surface area contributed by atoms with Gasteiger partial charge in [-0.25, -0.2) is 0 Å². The first-order valence-electron chi connectivity index (χ1n) is 8.26. The second-order valence-corrected chi connectivity index (χ2v) is 6.60. The number of nitrogens with zero attached hydrogens (tertiary/aromatic N) is 1. The van der Waals surface area contributed by atoms with E-state index in [9.17, 15) is 0 Å². The molecule has 1 aromatic heterocycles. The predicted molar refractivity (Wildman–Crippen MR) is 89.1 cm³/mol. The lowest BCUT2D eigenvalue weighted by atomic mass is 10.0. The van der Waals surface area contributed by atoms with Crippen molar-refractivity contribution in [3.63, 3.8) is 0 Å². The topological polar surface area (TPSA) is 58.8 Å².